The maximum atomic E-state index is 13.2. The van der Waals surface area contributed by atoms with Crippen LogP contribution in [-0.4, -0.2) is 104 Å². The van der Waals surface area contributed by atoms with E-state index in [0.29, 0.717) is 59.6 Å². The Bertz CT molecular complexity index is 1500. The first-order valence-electron chi connectivity index (χ1n) is 20.7. The molecule has 3 N–H and O–H groups in total. The molecule has 10 heteroatoms. The van der Waals surface area contributed by atoms with Gasteiger partial charge >= 0.3 is 5.97 Å². The number of carbonyl (C=O) groups is 2. The first kappa shape index (κ1) is 40.2. The molecule has 0 aromatic rings. The summed E-state index contributed by atoms with van der Waals surface area (Å²) in [4.78, 5) is 29.5. The molecule has 0 aromatic carbocycles. The Morgan fingerprint density at radius 1 is 0.885 bits per heavy atom. The molecule has 6 rings (SSSR count). The highest BCUT2D eigenvalue weighted by atomic mass is 32.2. The van der Waals surface area contributed by atoms with E-state index >= 15 is 0 Å². The fraction of sp³-hybridized carbons (Fsp3) is 0.905. The molecule has 6 fully saturated rings. The zero-order valence-corrected chi connectivity index (χ0v) is 34.7. The Hall–Kier alpha value is -1.49. The van der Waals surface area contributed by atoms with Crippen LogP contribution < -0.4 is 10.6 Å². The van der Waals surface area contributed by atoms with Crippen molar-refractivity contribution in [1.29, 1.82) is 0 Å². The number of likely N-dealkylation sites (tertiary alicyclic amines) is 1. The van der Waals surface area contributed by atoms with Gasteiger partial charge in [0.25, 0.3) is 0 Å². The summed E-state index contributed by atoms with van der Waals surface area (Å²) in [6, 6.07) is 0. The van der Waals surface area contributed by atoms with Gasteiger partial charge in [0.05, 0.1) is 18.1 Å². The highest BCUT2D eigenvalue weighted by Crippen LogP contribution is 2.76. The van der Waals surface area contributed by atoms with E-state index in [2.05, 4.69) is 68.6 Å². The number of rotatable bonds is 11. The molecule has 0 aromatic heterocycles. The molecule has 1 amide bonds. The lowest BCUT2D eigenvalue weighted by molar-refractivity contribution is -0.241. The van der Waals surface area contributed by atoms with E-state index in [4.69, 9.17) is 0 Å². The second kappa shape index (κ2) is 13.9. The number of carbonyl (C=O) groups excluding carboxylic acids is 1. The van der Waals surface area contributed by atoms with Crippen LogP contribution >= 0.6 is 0 Å². The largest absolute Gasteiger partial charge is 0.480 e. The first-order valence-corrected chi connectivity index (χ1v) is 22.5. The van der Waals surface area contributed by atoms with E-state index < -0.39 is 21.3 Å². The van der Waals surface area contributed by atoms with Crippen LogP contribution in [0.2, 0.25) is 0 Å². The van der Waals surface area contributed by atoms with Crippen LogP contribution in [-0.2, 0) is 19.4 Å². The molecule has 0 bridgehead atoms. The van der Waals surface area contributed by atoms with Crippen molar-refractivity contribution >= 4 is 21.7 Å². The summed E-state index contributed by atoms with van der Waals surface area (Å²) >= 11 is 0. The van der Waals surface area contributed by atoms with Crippen molar-refractivity contribution in [2.45, 2.75) is 131 Å². The SMILES string of the molecule is C=C(C)[C@@H]1CC[C@]2(CNCCCN3CCS(=O)(=O)CC3)CC[C@]3(C)[C@H](CC[C@@H]4[C@@]5(C)CCN(CC(=O)NC(C)(C)C(=O)O)C(C)(C)[C@@H]5CC[C@]43C)[C@@H]12. The van der Waals surface area contributed by atoms with E-state index in [0.717, 1.165) is 39.0 Å². The number of amides is 1. The molecule has 9 nitrogen and oxygen atoms in total. The number of aliphatic carboxylic acids is 1. The molecule has 2 aliphatic heterocycles. The summed E-state index contributed by atoms with van der Waals surface area (Å²) < 4.78 is 23.7. The minimum absolute atomic E-state index is 0.160. The van der Waals surface area contributed by atoms with Gasteiger partial charge in [-0.3, -0.25) is 9.69 Å². The topological polar surface area (TPSA) is 119 Å². The van der Waals surface area contributed by atoms with E-state index in [-0.39, 0.29) is 34.2 Å². The van der Waals surface area contributed by atoms with Gasteiger partial charge in [-0.05, 0) is 170 Å². The molecule has 0 unspecified atom stereocenters. The number of fused-ring (bicyclic) bond motifs is 7. The Balaban J connectivity index is 1.16. The van der Waals surface area contributed by atoms with Crippen molar-refractivity contribution in [1.82, 2.24) is 20.4 Å². The van der Waals surface area contributed by atoms with Gasteiger partial charge in [-0.2, -0.15) is 0 Å². The van der Waals surface area contributed by atoms with Crippen LogP contribution in [0.1, 0.15) is 120 Å². The lowest BCUT2D eigenvalue weighted by atomic mass is 9.33. The van der Waals surface area contributed by atoms with Gasteiger partial charge in [-0.15, -0.1) is 0 Å². The average molecular weight is 745 g/mol. The van der Waals surface area contributed by atoms with Crippen molar-refractivity contribution in [3.05, 3.63) is 12.2 Å². The number of nitrogens with one attached hydrogen (secondary N) is 2. The van der Waals surface area contributed by atoms with Gasteiger partial charge in [0.2, 0.25) is 5.91 Å². The Morgan fingerprint density at radius 3 is 2.23 bits per heavy atom. The van der Waals surface area contributed by atoms with Gasteiger partial charge in [0, 0.05) is 25.2 Å². The highest BCUT2D eigenvalue weighted by molar-refractivity contribution is 7.91. The lowest BCUT2D eigenvalue weighted by Crippen LogP contribution is -2.70. The highest BCUT2D eigenvalue weighted by Gasteiger charge is 2.70. The van der Waals surface area contributed by atoms with Gasteiger partial charge in [0.1, 0.15) is 5.54 Å². The Labute approximate surface area is 315 Å². The van der Waals surface area contributed by atoms with Crippen LogP contribution in [0, 0.1) is 51.2 Å². The smallest absolute Gasteiger partial charge is 0.328 e. The third kappa shape index (κ3) is 6.73. The maximum absolute atomic E-state index is 13.2. The Morgan fingerprint density at radius 2 is 1.58 bits per heavy atom. The quantitative estimate of drug-likeness (QED) is 0.174. The molecular weight excluding hydrogens is 673 g/mol. The number of nitrogens with zero attached hydrogens (tertiary/aromatic N) is 2. The fourth-order valence-electron chi connectivity index (χ4n) is 14.0. The fourth-order valence-corrected chi connectivity index (χ4v) is 15.3. The van der Waals surface area contributed by atoms with Crippen molar-refractivity contribution in [2.75, 3.05) is 57.3 Å². The average Bonchev–Trinajstić information content (AvgIpc) is 3.43. The molecule has 2 saturated heterocycles. The number of piperidine rings is 1. The molecule has 9 atom stereocenters. The molecule has 52 heavy (non-hydrogen) atoms. The van der Waals surface area contributed by atoms with E-state index in [1.165, 1.54) is 56.9 Å². The second-order valence-corrected chi connectivity index (χ2v) is 22.7. The first-order chi connectivity index (χ1) is 24.1. The number of carboxylic acid groups (broad SMARTS) is 1. The molecule has 6 aliphatic rings. The molecule has 296 valence electrons. The standard InChI is InChI=1S/C42H72N4O5S/c1-29(2)30-13-16-42(28-43-20-10-21-45-23-25-52(50,51)26-24-45)18-17-40(8)31(35(30)42)11-12-33-39(7)19-22-46(27-34(47)44-37(3,4)36(48)49)38(5,6)32(39)14-15-41(33,40)9/h30-33,35,43H,1,10-28H2,2-9H3,(H,44,47)(H,48,49)/t30-,31+,32-,33+,35+,39-,40+,41+,42+/m0/s1. The summed E-state index contributed by atoms with van der Waals surface area (Å²) in [5.41, 5.74) is 0.969. The second-order valence-electron chi connectivity index (χ2n) is 20.4. The van der Waals surface area contributed by atoms with Crippen molar-refractivity contribution in [3.63, 3.8) is 0 Å². The Kier molecular flexibility index (Phi) is 10.8. The normalized spacial score (nSPS) is 41.6. The number of hydrogen-bond donors (Lipinski definition) is 3. The number of carboxylic acids is 1. The third-order valence-corrected chi connectivity index (χ3v) is 18.8. The molecule has 4 saturated carbocycles. The van der Waals surface area contributed by atoms with Crippen LogP contribution in [0.4, 0.5) is 0 Å². The summed E-state index contributed by atoms with van der Waals surface area (Å²) in [6.07, 6.45) is 12.2. The van der Waals surface area contributed by atoms with Crippen molar-refractivity contribution < 1.29 is 23.1 Å². The van der Waals surface area contributed by atoms with Gasteiger partial charge < -0.3 is 20.6 Å². The zero-order chi connectivity index (χ0) is 38.1. The van der Waals surface area contributed by atoms with Gasteiger partial charge in [0.15, 0.2) is 9.84 Å². The van der Waals surface area contributed by atoms with Gasteiger partial charge in [-0.25, -0.2) is 13.2 Å². The molecule has 2 heterocycles. The van der Waals surface area contributed by atoms with Crippen LogP contribution in [0.3, 0.4) is 0 Å². The number of hydrogen-bond acceptors (Lipinski definition) is 7. The monoisotopic (exact) mass is 745 g/mol. The number of sulfone groups is 1. The van der Waals surface area contributed by atoms with E-state index in [1.807, 2.05) is 0 Å². The molecule has 0 spiro atoms. The van der Waals surface area contributed by atoms with Crippen LogP contribution in [0.25, 0.3) is 0 Å². The van der Waals surface area contributed by atoms with Gasteiger partial charge in [-0.1, -0.05) is 32.9 Å². The lowest BCUT2D eigenvalue weighted by Gasteiger charge is -2.73. The predicted octanol–water partition coefficient (Wildman–Crippen LogP) is 6.00. The number of allylic oxidation sites excluding steroid dienone is 1. The summed E-state index contributed by atoms with van der Waals surface area (Å²) in [6.45, 7) is 28.2. The van der Waals surface area contributed by atoms with Crippen molar-refractivity contribution in [2.24, 2.45) is 51.2 Å². The predicted molar refractivity (Wildman–Crippen MR) is 209 cm³/mol. The third-order valence-electron chi connectivity index (χ3n) is 17.2. The zero-order valence-electron chi connectivity index (χ0n) is 33.9. The maximum Gasteiger partial charge on any atom is 0.328 e. The summed E-state index contributed by atoms with van der Waals surface area (Å²) in [7, 11) is -2.84. The molecule has 0 radical (unpaired) electrons. The van der Waals surface area contributed by atoms with E-state index in [1.54, 1.807) is 13.8 Å². The summed E-state index contributed by atoms with van der Waals surface area (Å²) in [5, 5.41) is 16.3. The van der Waals surface area contributed by atoms with Crippen molar-refractivity contribution in [3.8, 4) is 0 Å². The van der Waals surface area contributed by atoms with Crippen LogP contribution in [0.15, 0.2) is 12.2 Å². The van der Waals surface area contributed by atoms with Crippen LogP contribution in [0.5, 0.6) is 0 Å². The summed E-state index contributed by atoms with van der Waals surface area (Å²) in [5.74, 6) is 2.45. The molecule has 4 aliphatic carbocycles. The van der Waals surface area contributed by atoms with E-state index in [9.17, 15) is 23.1 Å². The molecular formula is C42H72N4O5S. The minimum atomic E-state index is -2.84. The minimum Gasteiger partial charge on any atom is -0.480 e.